The molecule has 2 aliphatic rings. The molecule has 7 heteroatoms. The summed E-state index contributed by atoms with van der Waals surface area (Å²) < 4.78 is 0. The minimum Gasteiger partial charge on any atom is -0.310 e. The molecule has 0 aromatic heterocycles. The lowest BCUT2D eigenvalue weighted by molar-refractivity contribution is -0.127. The molecule has 0 aliphatic carbocycles. The number of fused-ring (bicyclic) bond motifs is 1. The van der Waals surface area contributed by atoms with E-state index in [0.29, 0.717) is 6.29 Å². The molecule has 2 fully saturated rings. The molecule has 0 radical (unpaired) electrons. The molecule has 2 rings (SSSR count). The van der Waals surface area contributed by atoms with Gasteiger partial charge in [-0.15, -0.1) is 0 Å². The number of urea groups is 1. The Labute approximate surface area is 86.4 Å². The van der Waals surface area contributed by atoms with Gasteiger partial charge in [-0.1, -0.05) is 0 Å². The number of hydrogen-bond donors (Lipinski definition) is 2. The Morgan fingerprint density at radius 1 is 1.33 bits per heavy atom. The lowest BCUT2D eigenvalue weighted by atomic mass is 10.1. The summed E-state index contributed by atoms with van der Waals surface area (Å²) >= 11 is 0. The van der Waals surface area contributed by atoms with E-state index in [1.54, 1.807) is 19.0 Å². The van der Waals surface area contributed by atoms with Crippen LogP contribution in [0.3, 0.4) is 0 Å². The minimum absolute atomic E-state index is 0.373. The number of rotatable bonds is 1. The monoisotopic (exact) mass is 212 g/mol. The summed E-state index contributed by atoms with van der Waals surface area (Å²) in [4.78, 5) is 36.5. The third-order valence-corrected chi connectivity index (χ3v) is 2.88. The summed E-state index contributed by atoms with van der Waals surface area (Å²) in [7, 11) is 3.24. The molecule has 82 valence electrons. The van der Waals surface area contributed by atoms with Gasteiger partial charge in [-0.05, 0) is 7.05 Å². The number of carbonyl (C=O) groups excluding carboxylic acids is 3. The van der Waals surface area contributed by atoms with E-state index in [9.17, 15) is 14.4 Å². The molecule has 2 N–H and O–H groups in total. The quantitative estimate of drug-likeness (QED) is 0.488. The summed E-state index contributed by atoms with van der Waals surface area (Å²) in [6.07, 6.45) is -0.255. The van der Waals surface area contributed by atoms with Gasteiger partial charge in [-0.2, -0.15) is 0 Å². The van der Waals surface area contributed by atoms with Crippen LogP contribution < -0.4 is 10.6 Å². The Bertz CT molecular complexity index is 332. The van der Waals surface area contributed by atoms with Crippen LogP contribution in [0.1, 0.15) is 0 Å². The van der Waals surface area contributed by atoms with Crippen molar-refractivity contribution in [3.8, 4) is 0 Å². The molecule has 0 bridgehead atoms. The Kier molecular flexibility index (Phi) is 2.20. The highest BCUT2D eigenvalue weighted by molar-refractivity contribution is 6.00. The van der Waals surface area contributed by atoms with Gasteiger partial charge in [0.05, 0.1) is 0 Å². The van der Waals surface area contributed by atoms with E-state index in [4.69, 9.17) is 0 Å². The van der Waals surface area contributed by atoms with Crippen molar-refractivity contribution in [3.05, 3.63) is 0 Å². The first-order valence-corrected chi connectivity index (χ1v) is 4.57. The first-order valence-electron chi connectivity index (χ1n) is 4.57. The van der Waals surface area contributed by atoms with Crippen LogP contribution in [0.5, 0.6) is 0 Å². The average Bonchev–Trinajstić information content (AvgIpc) is 2.53. The number of nitrogens with one attached hydrogen (secondary N) is 2. The van der Waals surface area contributed by atoms with Crippen LogP contribution in [0.25, 0.3) is 0 Å². The van der Waals surface area contributed by atoms with Gasteiger partial charge in [0.25, 0.3) is 0 Å². The molecular formula is C8H12N4O3. The zero-order valence-corrected chi connectivity index (χ0v) is 8.43. The number of carbonyl (C=O) groups is 3. The standard InChI is InChI=1S/C8H12N4O3/c1-11-4(3-13)9-6-5(11)7(14)10-8(15)12(6)2/h3-6,9H,1-2H3,(H,10,14,15). The number of likely N-dealkylation sites (N-methyl/N-ethyl adjacent to an activating group) is 2. The van der Waals surface area contributed by atoms with Gasteiger partial charge >= 0.3 is 6.03 Å². The lowest BCUT2D eigenvalue weighted by Crippen LogP contribution is -2.64. The van der Waals surface area contributed by atoms with E-state index in [-0.39, 0.29) is 5.91 Å². The van der Waals surface area contributed by atoms with Crippen molar-refractivity contribution < 1.29 is 14.4 Å². The van der Waals surface area contributed by atoms with E-state index in [1.807, 2.05) is 0 Å². The van der Waals surface area contributed by atoms with Crippen LogP contribution >= 0.6 is 0 Å². The SMILES string of the molecule is CN1C(=O)NC(=O)C2C1NC(C=O)N2C. The maximum Gasteiger partial charge on any atom is 0.325 e. The summed E-state index contributed by atoms with van der Waals surface area (Å²) in [6.45, 7) is 0. The molecule has 0 saturated carbocycles. The van der Waals surface area contributed by atoms with Gasteiger partial charge < -0.3 is 9.69 Å². The fraction of sp³-hybridized carbons (Fsp3) is 0.625. The van der Waals surface area contributed by atoms with Gasteiger partial charge in [-0.3, -0.25) is 20.3 Å². The summed E-state index contributed by atoms with van der Waals surface area (Å²) in [5, 5.41) is 5.13. The van der Waals surface area contributed by atoms with Crippen LogP contribution in [-0.4, -0.2) is 60.5 Å². The Morgan fingerprint density at radius 2 is 2.00 bits per heavy atom. The van der Waals surface area contributed by atoms with E-state index >= 15 is 0 Å². The predicted molar refractivity (Wildman–Crippen MR) is 49.6 cm³/mol. The summed E-state index contributed by atoms with van der Waals surface area (Å²) in [5.74, 6) is -0.373. The second-order valence-electron chi connectivity index (χ2n) is 3.71. The molecule has 0 spiro atoms. The highest BCUT2D eigenvalue weighted by atomic mass is 16.2. The molecule has 2 aliphatic heterocycles. The van der Waals surface area contributed by atoms with Crippen LogP contribution in [0.15, 0.2) is 0 Å². The first kappa shape index (κ1) is 10.1. The lowest BCUT2D eigenvalue weighted by Gasteiger charge is -2.34. The van der Waals surface area contributed by atoms with Crippen molar-refractivity contribution in [2.75, 3.05) is 14.1 Å². The largest absolute Gasteiger partial charge is 0.325 e. The molecule has 2 heterocycles. The summed E-state index contributed by atoms with van der Waals surface area (Å²) in [5.41, 5.74) is 0. The molecule has 7 nitrogen and oxygen atoms in total. The topological polar surface area (TPSA) is 81.8 Å². The first-order chi connectivity index (χ1) is 7.06. The van der Waals surface area contributed by atoms with E-state index in [2.05, 4.69) is 10.6 Å². The number of aldehydes is 1. The van der Waals surface area contributed by atoms with E-state index < -0.39 is 24.4 Å². The Balaban J connectivity index is 2.29. The molecule has 0 aromatic rings. The highest BCUT2D eigenvalue weighted by Gasteiger charge is 2.49. The van der Waals surface area contributed by atoms with E-state index in [1.165, 1.54) is 4.90 Å². The smallest absolute Gasteiger partial charge is 0.310 e. The number of hydrogen-bond acceptors (Lipinski definition) is 5. The third kappa shape index (κ3) is 1.31. The van der Waals surface area contributed by atoms with Gasteiger partial charge in [0, 0.05) is 7.05 Å². The fourth-order valence-electron chi connectivity index (χ4n) is 1.96. The van der Waals surface area contributed by atoms with Gasteiger partial charge in [-0.25, -0.2) is 4.79 Å². The normalized spacial score (nSPS) is 36.4. The Hall–Kier alpha value is -1.47. The number of imide groups is 1. The van der Waals surface area contributed by atoms with Crippen molar-refractivity contribution >= 4 is 18.2 Å². The van der Waals surface area contributed by atoms with Gasteiger partial charge in [0.2, 0.25) is 5.91 Å². The van der Waals surface area contributed by atoms with Crippen molar-refractivity contribution in [1.82, 2.24) is 20.4 Å². The number of nitrogens with zero attached hydrogens (tertiary/aromatic N) is 2. The predicted octanol–water partition coefficient (Wildman–Crippen LogP) is -2.08. The average molecular weight is 212 g/mol. The maximum atomic E-state index is 11.5. The molecule has 3 unspecified atom stereocenters. The van der Waals surface area contributed by atoms with Crippen molar-refractivity contribution in [1.29, 1.82) is 0 Å². The Morgan fingerprint density at radius 3 is 2.60 bits per heavy atom. The maximum absolute atomic E-state index is 11.5. The van der Waals surface area contributed by atoms with Crippen molar-refractivity contribution in [3.63, 3.8) is 0 Å². The highest BCUT2D eigenvalue weighted by Crippen LogP contribution is 2.19. The molecule has 15 heavy (non-hydrogen) atoms. The van der Waals surface area contributed by atoms with Gasteiger partial charge in [0.15, 0.2) is 6.29 Å². The third-order valence-electron chi connectivity index (χ3n) is 2.88. The zero-order chi connectivity index (χ0) is 11.2. The zero-order valence-electron chi connectivity index (χ0n) is 8.43. The molecular weight excluding hydrogens is 200 g/mol. The van der Waals surface area contributed by atoms with E-state index in [0.717, 1.165) is 0 Å². The van der Waals surface area contributed by atoms with Crippen molar-refractivity contribution in [2.45, 2.75) is 18.4 Å². The van der Waals surface area contributed by atoms with Crippen molar-refractivity contribution in [2.24, 2.45) is 0 Å². The number of amides is 3. The van der Waals surface area contributed by atoms with Crippen LogP contribution in [0, 0.1) is 0 Å². The molecule has 0 aromatic carbocycles. The van der Waals surface area contributed by atoms with Crippen LogP contribution in [0.4, 0.5) is 4.79 Å². The minimum atomic E-state index is -0.529. The fourth-order valence-corrected chi connectivity index (χ4v) is 1.96. The molecule has 2 saturated heterocycles. The van der Waals surface area contributed by atoms with Crippen LogP contribution in [0.2, 0.25) is 0 Å². The second kappa shape index (κ2) is 3.28. The molecule has 3 amide bonds. The molecule has 3 atom stereocenters. The van der Waals surface area contributed by atoms with Crippen LogP contribution in [-0.2, 0) is 9.59 Å². The second-order valence-corrected chi connectivity index (χ2v) is 3.71. The summed E-state index contributed by atoms with van der Waals surface area (Å²) in [6, 6.07) is -0.961. The van der Waals surface area contributed by atoms with Gasteiger partial charge in [0.1, 0.15) is 18.4 Å².